The summed E-state index contributed by atoms with van der Waals surface area (Å²) in [5, 5.41) is 35.8. The van der Waals surface area contributed by atoms with E-state index in [1.165, 1.54) is 18.2 Å². The minimum Gasteiger partial charge on any atom is -0.459 e. The van der Waals surface area contributed by atoms with Crippen LogP contribution in [0.4, 0.5) is 0 Å². The molecule has 4 rings (SSSR count). The molecule has 0 unspecified atom stereocenters. The number of hydrogen-bond acceptors (Lipinski definition) is 10. The van der Waals surface area contributed by atoms with E-state index in [1.54, 1.807) is 45.9 Å². The lowest BCUT2D eigenvalue weighted by atomic mass is 9.39. The van der Waals surface area contributed by atoms with Gasteiger partial charge in [0.15, 0.2) is 17.5 Å². The molecule has 10 heteroatoms. The van der Waals surface area contributed by atoms with Crippen molar-refractivity contribution in [2.75, 3.05) is 0 Å². The van der Waals surface area contributed by atoms with Gasteiger partial charge in [0, 0.05) is 30.6 Å². The quantitative estimate of drug-likeness (QED) is 0.272. The minimum absolute atomic E-state index is 0.106. The lowest BCUT2D eigenvalue weighted by Crippen LogP contribution is -2.80. The highest BCUT2D eigenvalue weighted by molar-refractivity contribution is 5.96. The maximum absolute atomic E-state index is 14.2. The smallest absolute Gasteiger partial charge is 0.338 e. The summed E-state index contributed by atoms with van der Waals surface area (Å²) in [6.45, 7) is 12.7. The van der Waals surface area contributed by atoms with Crippen LogP contribution in [0, 0.1) is 28.1 Å². The highest BCUT2D eigenvalue weighted by Gasteiger charge is 2.77. The van der Waals surface area contributed by atoms with Gasteiger partial charge in [-0.3, -0.25) is 14.4 Å². The molecular weight excluding hydrogens is 532 g/mol. The van der Waals surface area contributed by atoms with Crippen LogP contribution in [0.5, 0.6) is 0 Å². The Hall–Kier alpha value is -3.08. The van der Waals surface area contributed by atoms with Crippen LogP contribution in [0.2, 0.25) is 0 Å². The van der Waals surface area contributed by atoms with Crippen LogP contribution in [0.3, 0.4) is 0 Å². The number of aliphatic hydroxyl groups is 3. The van der Waals surface area contributed by atoms with Gasteiger partial charge in [-0.1, -0.05) is 45.0 Å². The first-order chi connectivity index (χ1) is 19.0. The molecule has 0 aromatic heterocycles. The number of carbonyl (C=O) groups excluding carboxylic acids is 4. The van der Waals surface area contributed by atoms with Crippen LogP contribution in [-0.4, -0.2) is 75.1 Å². The second-order valence-electron chi connectivity index (χ2n) is 12.8. The molecule has 3 fully saturated rings. The summed E-state index contributed by atoms with van der Waals surface area (Å²) in [6.07, 6.45) is -5.78. The summed E-state index contributed by atoms with van der Waals surface area (Å²) in [6, 6.07) is 8.08. The predicted molar refractivity (Wildman–Crippen MR) is 145 cm³/mol. The van der Waals surface area contributed by atoms with E-state index in [9.17, 15) is 34.5 Å². The van der Waals surface area contributed by atoms with E-state index in [4.69, 9.17) is 14.2 Å². The third kappa shape index (κ3) is 4.60. The van der Waals surface area contributed by atoms with E-state index < -0.39 is 87.9 Å². The van der Waals surface area contributed by atoms with Gasteiger partial charge in [-0.2, -0.15) is 0 Å². The number of aliphatic hydroxyl groups excluding tert-OH is 2. The number of carbonyl (C=O) groups is 4. The topological polar surface area (TPSA) is 157 Å². The fourth-order valence-electron chi connectivity index (χ4n) is 8.05. The average molecular weight is 573 g/mol. The molecule has 10 nitrogen and oxygen atoms in total. The van der Waals surface area contributed by atoms with Gasteiger partial charge in [-0.25, -0.2) is 4.79 Å². The van der Waals surface area contributed by atoms with Crippen molar-refractivity contribution in [2.24, 2.45) is 28.1 Å². The van der Waals surface area contributed by atoms with Crippen LogP contribution in [0.15, 0.2) is 43.0 Å². The zero-order chi connectivity index (χ0) is 30.7. The molecule has 10 atom stereocenters. The third-order valence-corrected chi connectivity index (χ3v) is 9.92. The maximum atomic E-state index is 14.2. The van der Waals surface area contributed by atoms with Crippen molar-refractivity contribution in [1.29, 1.82) is 0 Å². The van der Waals surface area contributed by atoms with Crippen molar-refractivity contribution >= 4 is 23.7 Å². The summed E-state index contributed by atoms with van der Waals surface area (Å²) in [4.78, 5) is 52.2. The first kappa shape index (κ1) is 30.9. The molecule has 0 amide bonds. The number of ketones is 1. The Balaban J connectivity index is 1.98. The molecular formula is C31H40O10. The molecule has 1 aromatic carbocycles. The molecule has 3 saturated carbocycles. The Bertz CT molecular complexity index is 1240. The third-order valence-electron chi connectivity index (χ3n) is 9.92. The molecule has 224 valence electrons. The van der Waals surface area contributed by atoms with Crippen molar-refractivity contribution in [3.8, 4) is 0 Å². The van der Waals surface area contributed by atoms with Crippen molar-refractivity contribution in [2.45, 2.75) is 90.5 Å². The van der Waals surface area contributed by atoms with Gasteiger partial charge < -0.3 is 29.5 Å². The summed E-state index contributed by atoms with van der Waals surface area (Å²) < 4.78 is 17.3. The standard InChI is InChI=1S/C31H40O10/c1-8-29(6)15-19(34)23-30(7)20(14-21(39-16(2)32)31(23,38)27(29)37)28(4,5)24(35)22(40-17(3)33)25(30)41-26(36)18-12-10-9-11-13-18/h8-13,19-25,34-35,38H,1,14-15H2,2-7H3/t19-,20+,21-,22+,23-,24-,25+,29+,30+,31+/m1/s1. The number of ether oxygens (including phenoxy) is 3. The predicted octanol–water partition coefficient (Wildman–Crippen LogP) is 2.38. The zero-order valence-electron chi connectivity index (χ0n) is 24.3. The van der Waals surface area contributed by atoms with E-state index >= 15 is 0 Å². The van der Waals surface area contributed by atoms with Gasteiger partial charge in [0.25, 0.3) is 0 Å². The van der Waals surface area contributed by atoms with Crippen LogP contribution in [-0.2, 0) is 28.6 Å². The van der Waals surface area contributed by atoms with Gasteiger partial charge in [0.2, 0.25) is 0 Å². The average Bonchev–Trinajstić information content (AvgIpc) is 2.89. The molecule has 0 heterocycles. The Morgan fingerprint density at radius 1 is 0.976 bits per heavy atom. The van der Waals surface area contributed by atoms with Gasteiger partial charge in [-0.15, -0.1) is 6.58 Å². The van der Waals surface area contributed by atoms with Crippen molar-refractivity contribution in [3.63, 3.8) is 0 Å². The van der Waals surface area contributed by atoms with E-state index in [-0.39, 0.29) is 18.4 Å². The highest BCUT2D eigenvalue weighted by Crippen LogP contribution is 2.67. The number of hydrogen-bond donors (Lipinski definition) is 3. The molecule has 0 radical (unpaired) electrons. The SMILES string of the molecule is C=C[C@@]1(C)C[C@@H](O)[C@H]2[C@](O)(C1=O)[C@H](OC(C)=O)C[C@H]1C(C)(C)[C@H](O)[C@H](OC(C)=O)[C@H](OC(=O)c3ccccc3)[C@@]12C. The minimum atomic E-state index is -2.42. The van der Waals surface area contributed by atoms with Crippen LogP contribution >= 0.6 is 0 Å². The Kier molecular flexibility index (Phi) is 7.77. The molecule has 3 N–H and O–H groups in total. The first-order valence-corrected chi connectivity index (χ1v) is 13.8. The number of fused-ring (bicyclic) bond motifs is 3. The number of rotatable bonds is 5. The van der Waals surface area contributed by atoms with Crippen LogP contribution in [0.1, 0.15) is 64.7 Å². The monoisotopic (exact) mass is 572 g/mol. The fourth-order valence-corrected chi connectivity index (χ4v) is 8.05. The lowest BCUT2D eigenvalue weighted by Gasteiger charge is -2.68. The maximum Gasteiger partial charge on any atom is 0.338 e. The Labute approximate surface area is 239 Å². The summed E-state index contributed by atoms with van der Waals surface area (Å²) in [5.74, 6) is -5.00. The summed E-state index contributed by atoms with van der Waals surface area (Å²) >= 11 is 0. The van der Waals surface area contributed by atoms with Crippen molar-refractivity contribution in [1.82, 2.24) is 0 Å². The lowest BCUT2D eigenvalue weighted by molar-refractivity contribution is -0.313. The van der Waals surface area contributed by atoms with Crippen LogP contribution < -0.4 is 0 Å². The van der Waals surface area contributed by atoms with Gasteiger partial charge in [0.1, 0.15) is 18.3 Å². The summed E-state index contributed by atoms with van der Waals surface area (Å²) in [5.41, 5.74) is -6.14. The van der Waals surface area contributed by atoms with Gasteiger partial charge >= 0.3 is 17.9 Å². The molecule has 41 heavy (non-hydrogen) atoms. The summed E-state index contributed by atoms with van der Waals surface area (Å²) in [7, 11) is 0. The highest BCUT2D eigenvalue weighted by atomic mass is 16.6. The van der Waals surface area contributed by atoms with E-state index in [0.29, 0.717) is 0 Å². The second kappa shape index (κ2) is 10.3. The Morgan fingerprint density at radius 3 is 2.10 bits per heavy atom. The normalized spacial score (nSPS) is 41.3. The second-order valence-corrected chi connectivity index (χ2v) is 12.8. The number of Topliss-reactive ketones (excluding diaryl/α,β-unsaturated/α-hetero) is 1. The first-order valence-electron chi connectivity index (χ1n) is 13.8. The zero-order valence-corrected chi connectivity index (χ0v) is 24.3. The van der Waals surface area contributed by atoms with Gasteiger partial charge in [-0.05, 0) is 43.2 Å². The molecule has 0 aliphatic heterocycles. The van der Waals surface area contributed by atoms with Crippen molar-refractivity contribution < 1.29 is 48.7 Å². The van der Waals surface area contributed by atoms with Crippen LogP contribution in [0.25, 0.3) is 0 Å². The fraction of sp³-hybridized carbons (Fsp3) is 0.613. The largest absolute Gasteiger partial charge is 0.459 e. The van der Waals surface area contributed by atoms with Crippen molar-refractivity contribution in [3.05, 3.63) is 48.6 Å². The Morgan fingerprint density at radius 2 is 1.56 bits per heavy atom. The number of allylic oxidation sites excluding steroid dienone is 1. The molecule has 3 aliphatic carbocycles. The molecule has 0 spiro atoms. The van der Waals surface area contributed by atoms with E-state index in [2.05, 4.69) is 6.58 Å². The molecule has 0 saturated heterocycles. The molecule has 1 aromatic rings. The molecule has 0 bridgehead atoms. The van der Waals surface area contributed by atoms with E-state index in [0.717, 1.165) is 13.8 Å². The van der Waals surface area contributed by atoms with E-state index in [1.807, 2.05) is 0 Å². The number of esters is 3. The molecule has 3 aliphatic rings. The van der Waals surface area contributed by atoms with Gasteiger partial charge in [0.05, 0.1) is 11.7 Å². The number of benzene rings is 1.